The summed E-state index contributed by atoms with van der Waals surface area (Å²) >= 11 is -1.53. The van der Waals surface area contributed by atoms with Gasteiger partial charge in [-0.25, -0.2) is 4.21 Å². The number of carbonyl (C=O) groups is 1. The van der Waals surface area contributed by atoms with E-state index in [2.05, 4.69) is 18.6 Å². The van der Waals surface area contributed by atoms with Crippen LogP contribution in [0, 0.1) is 0 Å². The molecular formula is C19H33BN2O4S. The number of nitrogens with one attached hydrogen (secondary N) is 1. The van der Waals surface area contributed by atoms with Crippen LogP contribution in [0.4, 0.5) is 5.69 Å². The predicted molar refractivity (Wildman–Crippen MR) is 113 cm³/mol. The third kappa shape index (κ3) is 5.56. The zero-order valence-electron chi connectivity index (χ0n) is 17.8. The van der Waals surface area contributed by atoms with Crippen molar-refractivity contribution >= 4 is 35.3 Å². The van der Waals surface area contributed by atoms with Gasteiger partial charge in [0.2, 0.25) is 11.2 Å². The van der Waals surface area contributed by atoms with Crippen molar-refractivity contribution in [3.05, 3.63) is 24.3 Å². The van der Waals surface area contributed by atoms with E-state index in [1.54, 1.807) is 0 Å². The molecule has 1 aromatic rings. The second-order valence-electron chi connectivity index (χ2n) is 7.20. The molecule has 2 aliphatic rings. The van der Waals surface area contributed by atoms with Crippen LogP contribution in [-0.2, 0) is 25.3 Å². The van der Waals surface area contributed by atoms with E-state index in [1.807, 2.05) is 65.8 Å². The van der Waals surface area contributed by atoms with Gasteiger partial charge in [-0.05, 0) is 45.3 Å². The summed E-state index contributed by atoms with van der Waals surface area (Å²) < 4.78 is 27.8. The molecule has 3 rings (SSSR count). The van der Waals surface area contributed by atoms with Crippen LogP contribution in [0.5, 0.6) is 0 Å². The fraction of sp³-hybridized carbons (Fsp3) is 0.632. The molecule has 2 saturated heterocycles. The van der Waals surface area contributed by atoms with Crippen molar-refractivity contribution in [2.24, 2.45) is 0 Å². The van der Waals surface area contributed by atoms with Crippen molar-refractivity contribution in [2.45, 2.75) is 73.0 Å². The van der Waals surface area contributed by atoms with Gasteiger partial charge in [-0.2, -0.15) is 0 Å². The number of nitrogens with zero attached hydrogens (tertiary/aromatic N) is 1. The quantitative estimate of drug-likeness (QED) is 0.781. The standard InChI is InChI=1S/C14H19BN2O4S.C3H8.C2H6/c1-13(2)14(3,4)21-15(20-13)10-6-5-7-11(8-10)17-9-12(18)16-22(17)19;1-3-2;1-2/h5-8H,9H2,1-4H3,(H,16,18);3H2,1-2H3;1-2H3. The topological polar surface area (TPSA) is 67.9 Å². The number of benzene rings is 1. The summed E-state index contributed by atoms with van der Waals surface area (Å²) in [5, 5.41) is 0. The molecule has 2 aliphatic heterocycles. The van der Waals surface area contributed by atoms with Gasteiger partial charge in [-0.1, -0.05) is 46.2 Å². The number of hydrogen-bond donors (Lipinski definition) is 1. The summed E-state index contributed by atoms with van der Waals surface area (Å²) in [5.41, 5.74) is 0.708. The van der Waals surface area contributed by atoms with Crippen molar-refractivity contribution in [1.82, 2.24) is 4.72 Å². The molecule has 0 saturated carbocycles. The van der Waals surface area contributed by atoms with Gasteiger partial charge in [0.15, 0.2) is 0 Å². The molecule has 6 nitrogen and oxygen atoms in total. The lowest BCUT2D eigenvalue weighted by Crippen LogP contribution is -2.41. The second kappa shape index (κ2) is 9.71. The lowest BCUT2D eigenvalue weighted by molar-refractivity contribution is -0.117. The summed E-state index contributed by atoms with van der Waals surface area (Å²) in [6, 6.07) is 7.41. The molecular weight excluding hydrogens is 363 g/mol. The van der Waals surface area contributed by atoms with E-state index in [4.69, 9.17) is 9.31 Å². The minimum Gasteiger partial charge on any atom is -0.399 e. The first-order chi connectivity index (χ1) is 12.6. The SMILES string of the molecule is CC.CC1(C)OB(c2cccc(N3CC(=O)NS3=O)c2)OC1(C)C.CCC. The zero-order valence-corrected chi connectivity index (χ0v) is 18.6. The molecule has 0 aliphatic carbocycles. The Hall–Kier alpha value is -1.38. The first kappa shape index (κ1) is 23.7. The number of carbonyl (C=O) groups excluding carboxylic acids is 1. The number of anilines is 1. The fourth-order valence-corrected chi connectivity index (χ4v) is 3.28. The molecule has 1 atom stereocenters. The second-order valence-corrected chi connectivity index (χ2v) is 8.34. The van der Waals surface area contributed by atoms with E-state index in [-0.39, 0.29) is 12.5 Å². The van der Waals surface area contributed by atoms with E-state index in [0.717, 1.165) is 5.46 Å². The molecule has 1 unspecified atom stereocenters. The van der Waals surface area contributed by atoms with E-state index < -0.39 is 29.5 Å². The zero-order chi connectivity index (χ0) is 20.8. The molecule has 0 aromatic heterocycles. The van der Waals surface area contributed by atoms with Gasteiger partial charge in [0.1, 0.15) is 6.54 Å². The summed E-state index contributed by atoms with van der Waals surface area (Å²) in [7, 11) is -0.482. The molecule has 1 amide bonds. The van der Waals surface area contributed by atoms with Crippen molar-refractivity contribution in [1.29, 1.82) is 0 Å². The molecule has 0 spiro atoms. The van der Waals surface area contributed by atoms with Crippen LogP contribution in [0.3, 0.4) is 0 Å². The normalized spacial score (nSPS) is 22.4. The summed E-state index contributed by atoms with van der Waals surface area (Å²) in [6.45, 7) is 16.3. The summed E-state index contributed by atoms with van der Waals surface area (Å²) in [6.07, 6.45) is 1.25. The van der Waals surface area contributed by atoms with E-state index >= 15 is 0 Å². The number of rotatable bonds is 2. The lowest BCUT2D eigenvalue weighted by atomic mass is 9.79. The average Bonchev–Trinajstić information content (AvgIpc) is 3.05. The van der Waals surface area contributed by atoms with Crippen LogP contribution >= 0.6 is 0 Å². The average molecular weight is 396 g/mol. The van der Waals surface area contributed by atoms with Gasteiger partial charge >= 0.3 is 7.12 Å². The molecule has 152 valence electrons. The Kier molecular flexibility index (Phi) is 8.51. The van der Waals surface area contributed by atoms with Crippen molar-refractivity contribution in [3.8, 4) is 0 Å². The Morgan fingerprint density at radius 1 is 1.15 bits per heavy atom. The van der Waals surface area contributed by atoms with E-state index in [0.29, 0.717) is 5.69 Å². The third-order valence-corrected chi connectivity index (χ3v) is 5.51. The number of amides is 1. The van der Waals surface area contributed by atoms with Crippen LogP contribution in [0.1, 0.15) is 61.8 Å². The maximum Gasteiger partial charge on any atom is 0.494 e. The van der Waals surface area contributed by atoms with Crippen LogP contribution in [0.25, 0.3) is 0 Å². The minimum absolute atomic E-state index is 0.0828. The van der Waals surface area contributed by atoms with Gasteiger partial charge in [0, 0.05) is 0 Å². The van der Waals surface area contributed by atoms with Crippen molar-refractivity contribution < 1.29 is 18.3 Å². The maximum absolute atomic E-state index is 11.9. The molecule has 8 heteroatoms. The van der Waals surface area contributed by atoms with Gasteiger partial charge in [0.25, 0.3) is 5.91 Å². The Morgan fingerprint density at radius 2 is 1.67 bits per heavy atom. The highest BCUT2D eigenvalue weighted by atomic mass is 32.2. The maximum atomic E-state index is 11.9. The van der Waals surface area contributed by atoms with E-state index in [9.17, 15) is 9.00 Å². The monoisotopic (exact) mass is 396 g/mol. The van der Waals surface area contributed by atoms with Crippen LogP contribution in [0.15, 0.2) is 24.3 Å². The van der Waals surface area contributed by atoms with Crippen molar-refractivity contribution in [3.63, 3.8) is 0 Å². The Morgan fingerprint density at radius 3 is 2.11 bits per heavy atom. The Labute approximate surface area is 166 Å². The molecule has 1 N–H and O–H groups in total. The molecule has 2 fully saturated rings. The number of hydrogen-bond acceptors (Lipinski definition) is 4. The first-order valence-electron chi connectivity index (χ1n) is 9.55. The van der Waals surface area contributed by atoms with Gasteiger partial charge in [-0.3, -0.25) is 13.8 Å². The lowest BCUT2D eigenvalue weighted by Gasteiger charge is -2.32. The Bertz CT molecular complexity index is 651. The summed E-state index contributed by atoms with van der Waals surface area (Å²) in [5.74, 6) is -0.251. The van der Waals surface area contributed by atoms with Gasteiger partial charge < -0.3 is 9.31 Å². The van der Waals surface area contributed by atoms with E-state index in [1.165, 1.54) is 10.7 Å². The minimum atomic E-state index is -1.53. The van der Waals surface area contributed by atoms with Crippen LogP contribution < -0.4 is 14.5 Å². The predicted octanol–water partition coefficient (Wildman–Crippen LogP) is 2.94. The van der Waals surface area contributed by atoms with Gasteiger partial charge in [0.05, 0.1) is 16.9 Å². The smallest absolute Gasteiger partial charge is 0.399 e. The molecule has 1 aromatic carbocycles. The first-order valence-corrected chi connectivity index (χ1v) is 10.7. The molecule has 0 bridgehead atoms. The highest BCUT2D eigenvalue weighted by Gasteiger charge is 2.51. The molecule has 0 radical (unpaired) electrons. The highest BCUT2D eigenvalue weighted by molar-refractivity contribution is 7.85. The van der Waals surface area contributed by atoms with Crippen molar-refractivity contribution in [2.75, 3.05) is 10.8 Å². The largest absolute Gasteiger partial charge is 0.494 e. The Balaban J connectivity index is 0.000000665. The molecule has 27 heavy (non-hydrogen) atoms. The van der Waals surface area contributed by atoms with Gasteiger partial charge in [-0.15, -0.1) is 0 Å². The third-order valence-electron chi connectivity index (χ3n) is 4.37. The van der Waals surface area contributed by atoms with Crippen LogP contribution in [-0.4, -0.2) is 35.0 Å². The highest BCUT2D eigenvalue weighted by Crippen LogP contribution is 2.36. The fourth-order valence-electron chi connectivity index (χ4n) is 2.37. The van der Waals surface area contributed by atoms with Crippen LogP contribution in [0.2, 0.25) is 0 Å². The molecule has 2 heterocycles. The summed E-state index contributed by atoms with van der Waals surface area (Å²) in [4.78, 5) is 11.4.